The topological polar surface area (TPSA) is 33.7 Å². The van der Waals surface area contributed by atoms with E-state index in [1.807, 2.05) is 0 Å². The summed E-state index contributed by atoms with van der Waals surface area (Å²) in [4.78, 5) is 2.44. The first-order valence-electron chi connectivity index (χ1n) is 8.22. The van der Waals surface area contributed by atoms with Crippen molar-refractivity contribution in [2.45, 2.75) is 31.8 Å². The van der Waals surface area contributed by atoms with Gasteiger partial charge in [-0.2, -0.15) is 0 Å². The normalized spacial score (nSPS) is 23.6. The van der Waals surface area contributed by atoms with Crippen LogP contribution in [-0.2, 0) is 4.74 Å². The van der Waals surface area contributed by atoms with Crippen LogP contribution in [0.1, 0.15) is 25.7 Å². The Balaban J connectivity index is 1.51. The molecule has 3 rings (SSSR count). The number of hydrogen-bond acceptors (Lipinski definition) is 4. The molecule has 1 aromatic carbocycles. The van der Waals surface area contributed by atoms with Crippen LogP contribution in [0.4, 0.5) is 5.69 Å². The average molecular weight is 290 g/mol. The minimum atomic E-state index is 0.273. The summed E-state index contributed by atoms with van der Waals surface area (Å²) in [6, 6.07) is 8.50. The molecule has 2 aliphatic rings. The van der Waals surface area contributed by atoms with Gasteiger partial charge in [0.25, 0.3) is 0 Å². The average Bonchev–Trinajstić information content (AvgIpc) is 2.84. The maximum absolute atomic E-state index is 5.86. The zero-order chi connectivity index (χ0) is 14.3. The van der Waals surface area contributed by atoms with Gasteiger partial charge in [-0.3, -0.25) is 0 Å². The second kappa shape index (κ2) is 7.66. The summed E-state index contributed by atoms with van der Waals surface area (Å²) >= 11 is 0. The Morgan fingerprint density at radius 2 is 2.00 bits per heavy atom. The Morgan fingerprint density at radius 1 is 1.10 bits per heavy atom. The van der Waals surface area contributed by atoms with Crippen LogP contribution in [-0.4, -0.2) is 45.5 Å². The first kappa shape index (κ1) is 14.7. The number of anilines is 1. The summed E-state index contributed by atoms with van der Waals surface area (Å²) < 4.78 is 11.5. The van der Waals surface area contributed by atoms with Crippen LogP contribution in [0.2, 0.25) is 0 Å². The van der Waals surface area contributed by atoms with Crippen molar-refractivity contribution < 1.29 is 9.47 Å². The Hall–Kier alpha value is -1.26. The molecule has 1 unspecified atom stereocenters. The zero-order valence-corrected chi connectivity index (χ0v) is 12.7. The number of hydrogen-bond donors (Lipinski definition) is 1. The van der Waals surface area contributed by atoms with Crippen LogP contribution in [0, 0.1) is 0 Å². The molecule has 2 saturated heterocycles. The van der Waals surface area contributed by atoms with E-state index in [9.17, 15) is 0 Å². The van der Waals surface area contributed by atoms with Gasteiger partial charge in [0.05, 0.1) is 6.10 Å². The molecule has 0 aliphatic carbocycles. The molecule has 0 spiro atoms. The zero-order valence-electron chi connectivity index (χ0n) is 12.7. The maximum Gasteiger partial charge on any atom is 0.119 e. The molecule has 2 heterocycles. The van der Waals surface area contributed by atoms with Crippen molar-refractivity contribution in [3.63, 3.8) is 0 Å². The molecule has 4 heteroatoms. The van der Waals surface area contributed by atoms with E-state index >= 15 is 0 Å². The van der Waals surface area contributed by atoms with Gasteiger partial charge in [-0.15, -0.1) is 0 Å². The first-order valence-corrected chi connectivity index (χ1v) is 8.22. The Kier molecular flexibility index (Phi) is 5.35. The quantitative estimate of drug-likeness (QED) is 0.923. The molecule has 1 aromatic rings. The third-order valence-electron chi connectivity index (χ3n) is 4.25. The van der Waals surface area contributed by atoms with Crippen LogP contribution in [0.5, 0.6) is 5.75 Å². The fourth-order valence-corrected chi connectivity index (χ4v) is 2.99. The third-order valence-corrected chi connectivity index (χ3v) is 4.25. The van der Waals surface area contributed by atoms with Gasteiger partial charge < -0.3 is 19.7 Å². The highest BCUT2D eigenvalue weighted by atomic mass is 16.5. The summed E-state index contributed by atoms with van der Waals surface area (Å²) in [5, 5.41) is 3.43. The SMILES string of the molecule is c1cc(N2CCCNCC2)ccc1OCC1CCCCO1. The van der Waals surface area contributed by atoms with E-state index in [1.165, 1.54) is 24.9 Å². The predicted octanol–water partition coefficient (Wildman–Crippen LogP) is 2.43. The van der Waals surface area contributed by atoms with Gasteiger partial charge in [0.15, 0.2) is 0 Å². The van der Waals surface area contributed by atoms with Gasteiger partial charge in [0.1, 0.15) is 12.4 Å². The van der Waals surface area contributed by atoms with Crippen LogP contribution < -0.4 is 15.0 Å². The molecule has 0 aromatic heterocycles. The summed E-state index contributed by atoms with van der Waals surface area (Å²) in [7, 11) is 0. The molecular formula is C17H26N2O2. The van der Waals surface area contributed by atoms with Crippen molar-refractivity contribution in [1.29, 1.82) is 0 Å². The van der Waals surface area contributed by atoms with E-state index in [4.69, 9.17) is 9.47 Å². The van der Waals surface area contributed by atoms with Gasteiger partial charge in [-0.1, -0.05) is 0 Å². The van der Waals surface area contributed by atoms with E-state index < -0.39 is 0 Å². The lowest BCUT2D eigenvalue weighted by molar-refractivity contribution is -0.0110. The fourth-order valence-electron chi connectivity index (χ4n) is 2.99. The van der Waals surface area contributed by atoms with E-state index in [0.717, 1.165) is 45.0 Å². The molecule has 116 valence electrons. The highest BCUT2D eigenvalue weighted by molar-refractivity contribution is 5.49. The molecule has 2 fully saturated rings. The summed E-state index contributed by atoms with van der Waals surface area (Å²) in [6.07, 6.45) is 5.05. The first-order chi connectivity index (χ1) is 10.4. The van der Waals surface area contributed by atoms with Crippen molar-refractivity contribution in [3.8, 4) is 5.75 Å². The van der Waals surface area contributed by atoms with Crippen LogP contribution in [0.25, 0.3) is 0 Å². The maximum atomic E-state index is 5.86. The monoisotopic (exact) mass is 290 g/mol. The van der Waals surface area contributed by atoms with Crippen LogP contribution in [0.3, 0.4) is 0 Å². The second-order valence-corrected chi connectivity index (χ2v) is 5.88. The van der Waals surface area contributed by atoms with Crippen molar-refractivity contribution in [2.24, 2.45) is 0 Å². The van der Waals surface area contributed by atoms with E-state index in [-0.39, 0.29) is 6.10 Å². The number of rotatable bonds is 4. The van der Waals surface area contributed by atoms with Crippen LogP contribution in [0.15, 0.2) is 24.3 Å². The minimum absolute atomic E-state index is 0.273. The third kappa shape index (κ3) is 4.35. The molecule has 4 nitrogen and oxygen atoms in total. The van der Waals surface area contributed by atoms with Gasteiger partial charge in [-0.25, -0.2) is 0 Å². The molecule has 1 N–H and O–H groups in total. The molecular weight excluding hydrogens is 264 g/mol. The Morgan fingerprint density at radius 3 is 2.81 bits per heavy atom. The van der Waals surface area contributed by atoms with E-state index in [2.05, 4.69) is 34.5 Å². The Bertz CT molecular complexity index is 407. The smallest absolute Gasteiger partial charge is 0.119 e. The number of benzene rings is 1. The molecule has 21 heavy (non-hydrogen) atoms. The van der Waals surface area contributed by atoms with Gasteiger partial charge in [0.2, 0.25) is 0 Å². The number of nitrogens with one attached hydrogen (secondary N) is 1. The lowest BCUT2D eigenvalue weighted by Crippen LogP contribution is -2.27. The highest BCUT2D eigenvalue weighted by Crippen LogP contribution is 2.21. The molecule has 0 amide bonds. The van der Waals surface area contributed by atoms with Crippen molar-refractivity contribution in [1.82, 2.24) is 5.32 Å². The molecule has 0 radical (unpaired) electrons. The van der Waals surface area contributed by atoms with Gasteiger partial charge >= 0.3 is 0 Å². The predicted molar refractivity (Wildman–Crippen MR) is 85.2 cm³/mol. The van der Waals surface area contributed by atoms with Gasteiger partial charge in [0, 0.05) is 31.9 Å². The van der Waals surface area contributed by atoms with E-state index in [0.29, 0.717) is 6.61 Å². The number of ether oxygens (including phenoxy) is 2. The summed E-state index contributed by atoms with van der Waals surface area (Å²) in [5.41, 5.74) is 1.29. The van der Waals surface area contributed by atoms with Crippen LogP contribution >= 0.6 is 0 Å². The highest BCUT2D eigenvalue weighted by Gasteiger charge is 2.14. The standard InChI is InChI=1S/C17H26N2O2/c1-2-13-20-17(4-1)14-21-16-7-5-15(6-8-16)19-11-3-9-18-10-12-19/h5-8,17-18H,1-4,9-14H2. The van der Waals surface area contributed by atoms with Crippen molar-refractivity contribution in [3.05, 3.63) is 24.3 Å². The summed E-state index contributed by atoms with van der Waals surface area (Å²) in [6.45, 7) is 5.96. The molecule has 2 aliphatic heterocycles. The largest absolute Gasteiger partial charge is 0.491 e. The Labute approximate surface area is 127 Å². The lowest BCUT2D eigenvalue weighted by atomic mass is 10.1. The minimum Gasteiger partial charge on any atom is -0.491 e. The second-order valence-electron chi connectivity index (χ2n) is 5.88. The molecule has 0 bridgehead atoms. The van der Waals surface area contributed by atoms with Crippen molar-refractivity contribution >= 4 is 5.69 Å². The number of nitrogens with zero attached hydrogens (tertiary/aromatic N) is 1. The van der Waals surface area contributed by atoms with E-state index in [1.54, 1.807) is 0 Å². The fraction of sp³-hybridized carbons (Fsp3) is 0.647. The van der Waals surface area contributed by atoms with Gasteiger partial charge in [-0.05, 0) is 56.5 Å². The molecule has 0 saturated carbocycles. The van der Waals surface area contributed by atoms with Crippen molar-refractivity contribution in [2.75, 3.05) is 44.3 Å². The molecule has 1 atom stereocenters. The lowest BCUT2D eigenvalue weighted by Gasteiger charge is -2.24. The summed E-state index contributed by atoms with van der Waals surface area (Å²) in [5.74, 6) is 0.945.